The summed E-state index contributed by atoms with van der Waals surface area (Å²) in [6.45, 7) is 0.741. The lowest BCUT2D eigenvalue weighted by molar-refractivity contribution is 0.0987. The van der Waals surface area contributed by atoms with Gasteiger partial charge >= 0.3 is 6.43 Å². The molecular weight excluding hydrogens is 404 g/mol. The molecule has 0 saturated carbocycles. The van der Waals surface area contributed by atoms with E-state index in [4.69, 9.17) is 10.6 Å². The van der Waals surface area contributed by atoms with Crippen LogP contribution in [0.1, 0.15) is 10.4 Å². The maximum Gasteiger partial charge on any atom is 0.314 e. The number of hydrogen-bond donors (Lipinski definition) is 1. The second-order valence-corrected chi connectivity index (χ2v) is 6.86. The van der Waals surface area contributed by atoms with Crippen LogP contribution in [0.15, 0.2) is 83.4 Å². The van der Waals surface area contributed by atoms with Gasteiger partial charge in [0.15, 0.2) is 0 Å². The molecule has 0 radical (unpaired) electrons. The van der Waals surface area contributed by atoms with Crippen molar-refractivity contribution in [2.45, 2.75) is 6.43 Å². The Kier molecular flexibility index (Phi) is 7.31. The summed E-state index contributed by atoms with van der Waals surface area (Å²) in [5, 5.41) is 2.97. The summed E-state index contributed by atoms with van der Waals surface area (Å²) in [6.07, 6.45) is 3.94. The third kappa shape index (κ3) is 5.65. The number of carbonyl (C=O) groups excluding carboxylic acids is 1. The first-order valence-corrected chi connectivity index (χ1v) is 9.55. The fourth-order valence-electron chi connectivity index (χ4n) is 3.09. The number of halogens is 2. The summed E-state index contributed by atoms with van der Waals surface area (Å²) >= 11 is 0. The average Bonchev–Trinajstić information content (AvgIpc) is 2.79. The molecule has 31 heavy (non-hydrogen) atoms. The second-order valence-electron chi connectivity index (χ2n) is 6.86. The first kappa shape index (κ1) is 21.9. The van der Waals surface area contributed by atoms with Crippen molar-refractivity contribution in [1.82, 2.24) is 9.88 Å². The lowest BCUT2D eigenvalue weighted by Gasteiger charge is -2.32. The SMILES string of the molecule is CN1CC(CO/C(=N\N)C(F)F)=CC=C1CN(C(=O)c1ccncc1)c1ccccc1. The van der Waals surface area contributed by atoms with E-state index >= 15 is 0 Å². The van der Waals surface area contributed by atoms with Crippen molar-refractivity contribution >= 4 is 17.5 Å². The number of anilines is 1. The predicted molar refractivity (Wildman–Crippen MR) is 115 cm³/mol. The second kappa shape index (κ2) is 10.3. The van der Waals surface area contributed by atoms with Crippen LogP contribution in [-0.4, -0.2) is 54.9 Å². The number of hydrazone groups is 1. The molecule has 0 saturated heterocycles. The molecule has 0 unspecified atom stereocenters. The van der Waals surface area contributed by atoms with E-state index < -0.39 is 12.3 Å². The zero-order chi connectivity index (χ0) is 22.2. The Balaban J connectivity index is 1.79. The number of alkyl halides is 2. The molecule has 0 spiro atoms. The minimum absolute atomic E-state index is 0.0488. The predicted octanol–water partition coefficient (Wildman–Crippen LogP) is 3.04. The van der Waals surface area contributed by atoms with Crippen LogP contribution < -0.4 is 10.7 Å². The normalized spacial score (nSPS) is 14.2. The van der Waals surface area contributed by atoms with Gasteiger partial charge in [0, 0.05) is 42.9 Å². The Labute approximate surface area is 179 Å². The Bertz CT molecular complexity index is 978. The van der Waals surface area contributed by atoms with Crippen molar-refractivity contribution < 1.29 is 18.3 Å². The van der Waals surface area contributed by atoms with Crippen LogP contribution in [0.2, 0.25) is 0 Å². The van der Waals surface area contributed by atoms with Gasteiger partial charge in [-0.3, -0.25) is 9.78 Å². The molecule has 1 aromatic carbocycles. The fraction of sp³-hybridized carbons (Fsp3) is 0.227. The van der Waals surface area contributed by atoms with Gasteiger partial charge in [-0.15, -0.1) is 5.10 Å². The summed E-state index contributed by atoms with van der Waals surface area (Å²) in [5.74, 6) is 3.98. The first-order valence-electron chi connectivity index (χ1n) is 9.55. The molecule has 3 rings (SSSR count). The molecule has 162 valence electrons. The summed E-state index contributed by atoms with van der Waals surface area (Å²) in [6, 6.07) is 12.7. The van der Waals surface area contributed by atoms with E-state index in [9.17, 15) is 13.6 Å². The molecule has 9 heteroatoms. The van der Waals surface area contributed by atoms with Crippen molar-refractivity contribution in [1.29, 1.82) is 0 Å². The van der Waals surface area contributed by atoms with Gasteiger partial charge in [-0.1, -0.05) is 24.3 Å². The van der Waals surface area contributed by atoms with Crippen molar-refractivity contribution in [3.05, 3.63) is 83.8 Å². The maximum absolute atomic E-state index is 13.2. The number of para-hydroxylation sites is 1. The molecule has 0 atom stereocenters. The summed E-state index contributed by atoms with van der Waals surface area (Å²) in [7, 11) is 1.87. The summed E-state index contributed by atoms with van der Waals surface area (Å²) in [4.78, 5) is 20.8. The first-order chi connectivity index (χ1) is 15.0. The number of amides is 1. The molecular formula is C22H23F2N5O2. The number of nitrogens with two attached hydrogens (primary N) is 1. The number of rotatable bonds is 7. The van der Waals surface area contributed by atoms with Gasteiger partial charge in [0.25, 0.3) is 11.8 Å². The molecule has 0 fully saturated rings. The van der Waals surface area contributed by atoms with E-state index in [2.05, 4.69) is 10.1 Å². The standard InChI is InChI=1S/C22H23F2N5O2/c1-28-13-16(15-31-21(27-25)20(23)24)7-8-19(28)14-29(18-5-3-2-4-6-18)22(30)17-9-11-26-12-10-17/h2-12,20H,13-15,25H2,1H3/b27-21-. The summed E-state index contributed by atoms with van der Waals surface area (Å²) in [5.41, 5.74) is 2.96. The molecule has 1 aliphatic rings. The third-order valence-electron chi connectivity index (χ3n) is 4.72. The maximum atomic E-state index is 13.2. The number of aromatic nitrogens is 1. The number of carbonyl (C=O) groups is 1. The van der Waals surface area contributed by atoms with E-state index in [-0.39, 0.29) is 12.5 Å². The van der Waals surface area contributed by atoms with Gasteiger partial charge in [0.1, 0.15) is 6.61 Å². The number of benzene rings is 1. The van der Waals surface area contributed by atoms with Crippen LogP contribution in [-0.2, 0) is 4.74 Å². The molecule has 1 aromatic heterocycles. The van der Waals surface area contributed by atoms with Gasteiger partial charge in [-0.2, -0.15) is 8.78 Å². The molecule has 7 nitrogen and oxygen atoms in total. The fourth-order valence-corrected chi connectivity index (χ4v) is 3.09. The van der Waals surface area contributed by atoms with Crippen molar-refractivity contribution in [2.24, 2.45) is 10.9 Å². The van der Waals surface area contributed by atoms with Crippen LogP contribution in [0.3, 0.4) is 0 Å². The molecule has 2 N–H and O–H groups in total. The highest BCUT2D eigenvalue weighted by molar-refractivity contribution is 6.06. The van der Waals surface area contributed by atoms with Crippen molar-refractivity contribution in [3.63, 3.8) is 0 Å². The smallest absolute Gasteiger partial charge is 0.314 e. The highest BCUT2D eigenvalue weighted by Gasteiger charge is 2.22. The lowest BCUT2D eigenvalue weighted by atomic mass is 10.1. The highest BCUT2D eigenvalue weighted by atomic mass is 19.3. The van der Waals surface area contributed by atoms with E-state index in [0.717, 1.165) is 17.0 Å². The Morgan fingerprint density at radius 2 is 1.94 bits per heavy atom. The Morgan fingerprint density at radius 3 is 2.55 bits per heavy atom. The summed E-state index contributed by atoms with van der Waals surface area (Å²) < 4.78 is 30.4. The highest BCUT2D eigenvalue weighted by Crippen LogP contribution is 2.22. The quantitative estimate of drug-likeness (QED) is 0.318. The molecule has 0 aliphatic carbocycles. The molecule has 0 bridgehead atoms. The number of nitrogens with zero attached hydrogens (tertiary/aromatic N) is 4. The molecule has 1 aliphatic heterocycles. The van der Waals surface area contributed by atoms with E-state index in [1.54, 1.807) is 35.5 Å². The molecule has 2 heterocycles. The monoisotopic (exact) mass is 427 g/mol. The van der Waals surface area contributed by atoms with Gasteiger partial charge in [0.05, 0.1) is 6.54 Å². The van der Waals surface area contributed by atoms with E-state index in [0.29, 0.717) is 18.7 Å². The van der Waals surface area contributed by atoms with Crippen molar-refractivity contribution in [3.8, 4) is 0 Å². The van der Waals surface area contributed by atoms with Gasteiger partial charge < -0.3 is 20.4 Å². The molecule has 2 aromatic rings. The van der Waals surface area contributed by atoms with E-state index in [1.807, 2.05) is 48.4 Å². The van der Waals surface area contributed by atoms with Crippen LogP contribution >= 0.6 is 0 Å². The van der Waals surface area contributed by atoms with Crippen LogP contribution in [0.5, 0.6) is 0 Å². The average molecular weight is 427 g/mol. The molecule has 1 amide bonds. The van der Waals surface area contributed by atoms with Crippen LogP contribution in [0, 0.1) is 0 Å². The third-order valence-corrected chi connectivity index (χ3v) is 4.72. The van der Waals surface area contributed by atoms with Gasteiger partial charge in [-0.05, 0) is 35.9 Å². The number of pyridine rings is 1. The minimum Gasteiger partial charge on any atom is -0.471 e. The number of likely N-dealkylation sites (N-methyl/N-ethyl adjacent to an activating group) is 1. The van der Waals surface area contributed by atoms with Gasteiger partial charge in [0.2, 0.25) is 0 Å². The van der Waals surface area contributed by atoms with Crippen molar-refractivity contribution in [2.75, 3.05) is 31.6 Å². The Hall–Kier alpha value is -3.75. The lowest BCUT2D eigenvalue weighted by Crippen LogP contribution is -2.38. The van der Waals surface area contributed by atoms with E-state index in [1.165, 1.54) is 0 Å². The Morgan fingerprint density at radius 1 is 1.23 bits per heavy atom. The minimum atomic E-state index is -2.86. The van der Waals surface area contributed by atoms with Crippen LogP contribution in [0.4, 0.5) is 14.5 Å². The topological polar surface area (TPSA) is 84.0 Å². The zero-order valence-electron chi connectivity index (χ0n) is 17.0. The zero-order valence-corrected chi connectivity index (χ0v) is 17.0. The number of allylic oxidation sites excluding steroid dienone is 2. The van der Waals surface area contributed by atoms with Gasteiger partial charge in [-0.25, -0.2) is 0 Å². The number of ether oxygens (including phenoxy) is 1. The number of hydrogen-bond acceptors (Lipinski definition) is 6. The largest absolute Gasteiger partial charge is 0.471 e. The van der Waals surface area contributed by atoms with Crippen LogP contribution in [0.25, 0.3) is 0 Å².